The van der Waals surface area contributed by atoms with Crippen LogP contribution in [0.3, 0.4) is 0 Å². The Labute approximate surface area is 83.7 Å². The van der Waals surface area contributed by atoms with Crippen LogP contribution in [0.2, 0.25) is 0 Å². The summed E-state index contributed by atoms with van der Waals surface area (Å²) >= 11 is 0. The van der Waals surface area contributed by atoms with Crippen molar-refractivity contribution in [3.63, 3.8) is 0 Å². The average molecular weight is 189 g/mol. The van der Waals surface area contributed by atoms with Gasteiger partial charge in [0.25, 0.3) is 5.56 Å². The van der Waals surface area contributed by atoms with Gasteiger partial charge < -0.3 is 4.98 Å². The molecule has 0 atom stereocenters. The summed E-state index contributed by atoms with van der Waals surface area (Å²) in [4.78, 5) is 14.3. The molecule has 0 aliphatic heterocycles. The van der Waals surface area contributed by atoms with E-state index in [0.717, 1.165) is 24.1 Å². The van der Waals surface area contributed by atoms with E-state index in [1.165, 1.54) is 18.4 Å². The molecular weight excluding hydrogens is 174 g/mol. The summed E-state index contributed by atoms with van der Waals surface area (Å²) in [6, 6.07) is 3.90. The van der Waals surface area contributed by atoms with Crippen molar-refractivity contribution in [3.8, 4) is 0 Å². The molecule has 0 radical (unpaired) electrons. The van der Waals surface area contributed by atoms with Crippen molar-refractivity contribution in [1.29, 1.82) is 0 Å². The molecule has 1 aromatic rings. The molecule has 14 heavy (non-hydrogen) atoms. The molecule has 2 rings (SSSR count). The van der Waals surface area contributed by atoms with Crippen LogP contribution >= 0.6 is 0 Å². The molecule has 0 bridgehead atoms. The van der Waals surface area contributed by atoms with Crippen molar-refractivity contribution in [1.82, 2.24) is 4.98 Å². The number of pyridine rings is 1. The number of H-pyrrole nitrogens is 1. The highest BCUT2D eigenvalue weighted by atomic mass is 16.1. The number of nitrogens with one attached hydrogen (secondary N) is 1. The molecule has 0 spiro atoms. The molecule has 1 heterocycles. The zero-order valence-electron chi connectivity index (χ0n) is 8.47. The van der Waals surface area contributed by atoms with E-state index in [2.05, 4.69) is 11.1 Å². The largest absolute Gasteiger partial charge is 0.322 e. The summed E-state index contributed by atoms with van der Waals surface area (Å²) < 4.78 is 0. The SMILES string of the molecule is Cc1ccc(C2=CCCCC2)[nH]c1=O. The maximum atomic E-state index is 11.4. The molecule has 0 fully saturated rings. The van der Waals surface area contributed by atoms with Crippen molar-refractivity contribution in [2.75, 3.05) is 0 Å². The molecule has 0 saturated carbocycles. The lowest BCUT2D eigenvalue weighted by molar-refractivity contribution is 0.739. The quantitative estimate of drug-likeness (QED) is 0.723. The summed E-state index contributed by atoms with van der Waals surface area (Å²) in [5.74, 6) is 0. The molecular formula is C12H15NO. The molecule has 0 unspecified atom stereocenters. The van der Waals surface area contributed by atoms with Crippen molar-refractivity contribution in [2.45, 2.75) is 32.6 Å². The van der Waals surface area contributed by atoms with Gasteiger partial charge in [-0.2, -0.15) is 0 Å². The molecule has 1 N–H and O–H groups in total. The predicted octanol–water partition coefficient (Wildman–Crippen LogP) is 2.64. The highest BCUT2D eigenvalue weighted by Crippen LogP contribution is 2.24. The van der Waals surface area contributed by atoms with E-state index in [9.17, 15) is 4.79 Å². The Balaban J connectivity index is 2.37. The summed E-state index contributed by atoms with van der Waals surface area (Å²) in [7, 11) is 0. The fourth-order valence-electron chi connectivity index (χ4n) is 1.82. The fraction of sp³-hybridized carbons (Fsp3) is 0.417. The molecule has 2 heteroatoms. The number of aryl methyl sites for hydroxylation is 1. The van der Waals surface area contributed by atoms with Gasteiger partial charge in [-0.15, -0.1) is 0 Å². The Morgan fingerprint density at radius 2 is 2.14 bits per heavy atom. The Hall–Kier alpha value is -1.31. The zero-order chi connectivity index (χ0) is 9.97. The zero-order valence-corrected chi connectivity index (χ0v) is 8.47. The standard InChI is InChI=1S/C12H15NO/c1-9-7-8-11(13-12(9)14)10-5-3-2-4-6-10/h5,7-8H,2-4,6H2,1H3,(H,13,14). The summed E-state index contributed by atoms with van der Waals surface area (Å²) in [6.07, 6.45) is 7.00. The molecule has 2 nitrogen and oxygen atoms in total. The summed E-state index contributed by atoms with van der Waals surface area (Å²) in [5, 5.41) is 0. The van der Waals surface area contributed by atoms with Gasteiger partial charge in [-0.3, -0.25) is 4.79 Å². The van der Waals surface area contributed by atoms with E-state index < -0.39 is 0 Å². The van der Waals surface area contributed by atoms with Gasteiger partial charge >= 0.3 is 0 Å². The minimum Gasteiger partial charge on any atom is -0.322 e. The lowest BCUT2D eigenvalue weighted by Gasteiger charge is -2.12. The maximum Gasteiger partial charge on any atom is 0.251 e. The number of hydrogen-bond donors (Lipinski definition) is 1. The lowest BCUT2D eigenvalue weighted by Crippen LogP contribution is -2.11. The third-order valence-corrected chi connectivity index (χ3v) is 2.74. The number of aromatic nitrogens is 1. The number of rotatable bonds is 1. The number of hydrogen-bond acceptors (Lipinski definition) is 1. The molecule has 1 aromatic heterocycles. The second kappa shape index (κ2) is 3.82. The third kappa shape index (κ3) is 1.79. The van der Waals surface area contributed by atoms with Gasteiger partial charge in [-0.05, 0) is 44.2 Å². The molecule has 0 saturated heterocycles. The van der Waals surface area contributed by atoms with Gasteiger partial charge in [-0.1, -0.05) is 12.1 Å². The van der Waals surface area contributed by atoms with Gasteiger partial charge in [0, 0.05) is 11.3 Å². The van der Waals surface area contributed by atoms with Crippen LogP contribution in [0.4, 0.5) is 0 Å². The van der Waals surface area contributed by atoms with Crippen molar-refractivity contribution in [3.05, 3.63) is 39.8 Å². The number of allylic oxidation sites excluding steroid dienone is 2. The maximum absolute atomic E-state index is 11.4. The second-order valence-electron chi connectivity index (χ2n) is 3.86. The van der Waals surface area contributed by atoms with Crippen LogP contribution in [0.15, 0.2) is 23.0 Å². The van der Waals surface area contributed by atoms with Crippen LogP contribution in [0, 0.1) is 6.92 Å². The first kappa shape index (κ1) is 9.25. The van der Waals surface area contributed by atoms with Gasteiger partial charge in [0.05, 0.1) is 0 Å². The van der Waals surface area contributed by atoms with E-state index in [0.29, 0.717) is 0 Å². The Morgan fingerprint density at radius 3 is 2.79 bits per heavy atom. The lowest BCUT2D eigenvalue weighted by atomic mass is 9.97. The van der Waals surface area contributed by atoms with E-state index in [1.807, 2.05) is 19.1 Å². The van der Waals surface area contributed by atoms with Gasteiger partial charge in [0.15, 0.2) is 0 Å². The van der Waals surface area contributed by atoms with Crippen LogP contribution < -0.4 is 5.56 Å². The van der Waals surface area contributed by atoms with Crippen molar-refractivity contribution >= 4 is 5.57 Å². The van der Waals surface area contributed by atoms with Crippen LogP contribution in [0.25, 0.3) is 5.57 Å². The monoisotopic (exact) mass is 189 g/mol. The van der Waals surface area contributed by atoms with Gasteiger partial charge in [-0.25, -0.2) is 0 Å². The average Bonchev–Trinajstić information content (AvgIpc) is 2.23. The molecule has 0 aromatic carbocycles. The first-order valence-corrected chi connectivity index (χ1v) is 5.17. The Morgan fingerprint density at radius 1 is 1.29 bits per heavy atom. The summed E-state index contributed by atoms with van der Waals surface area (Å²) in [5.41, 5.74) is 3.12. The molecule has 74 valence electrons. The van der Waals surface area contributed by atoms with Crippen LogP contribution in [0.1, 0.15) is 36.9 Å². The van der Waals surface area contributed by atoms with Crippen LogP contribution in [-0.2, 0) is 0 Å². The molecule has 0 amide bonds. The van der Waals surface area contributed by atoms with Crippen molar-refractivity contribution < 1.29 is 0 Å². The van der Waals surface area contributed by atoms with Crippen LogP contribution in [0.5, 0.6) is 0 Å². The smallest absolute Gasteiger partial charge is 0.251 e. The minimum atomic E-state index is 0.0361. The van der Waals surface area contributed by atoms with E-state index >= 15 is 0 Å². The first-order valence-electron chi connectivity index (χ1n) is 5.17. The topological polar surface area (TPSA) is 32.9 Å². The van der Waals surface area contributed by atoms with Crippen molar-refractivity contribution in [2.24, 2.45) is 0 Å². The van der Waals surface area contributed by atoms with E-state index in [1.54, 1.807) is 0 Å². The summed E-state index contributed by atoms with van der Waals surface area (Å²) in [6.45, 7) is 1.83. The third-order valence-electron chi connectivity index (χ3n) is 2.74. The normalized spacial score (nSPS) is 16.5. The van der Waals surface area contributed by atoms with E-state index in [-0.39, 0.29) is 5.56 Å². The molecule has 1 aliphatic carbocycles. The fourth-order valence-corrected chi connectivity index (χ4v) is 1.82. The Bertz CT molecular complexity index is 415. The van der Waals surface area contributed by atoms with Crippen LogP contribution in [-0.4, -0.2) is 4.98 Å². The highest BCUT2D eigenvalue weighted by Gasteiger charge is 2.06. The Kier molecular flexibility index (Phi) is 2.53. The first-order chi connectivity index (χ1) is 6.77. The van der Waals surface area contributed by atoms with Gasteiger partial charge in [0.2, 0.25) is 0 Å². The molecule has 1 aliphatic rings. The second-order valence-corrected chi connectivity index (χ2v) is 3.86. The van der Waals surface area contributed by atoms with E-state index in [4.69, 9.17) is 0 Å². The predicted molar refractivity (Wildman–Crippen MR) is 58.2 cm³/mol. The number of aromatic amines is 1. The highest BCUT2D eigenvalue weighted by molar-refractivity contribution is 5.63. The minimum absolute atomic E-state index is 0.0361. The van der Waals surface area contributed by atoms with Gasteiger partial charge in [0.1, 0.15) is 0 Å².